The van der Waals surface area contributed by atoms with E-state index in [2.05, 4.69) is 11.8 Å². The highest BCUT2D eigenvalue weighted by atomic mass is 32.2. The summed E-state index contributed by atoms with van der Waals surface area (Å²) in [5.74, 6) is 6.94. The molecule has 0 spiro atoms. The minimum absolute atomic E-state index is 0.00234. The number of ether oxygens (including phenoxy) is 1. The predicted octanol–water partition coefficient (Wildman–Crippen LogP) is 2.87. The molecule has 7 nitrogen and oxygen atoms in total. The van der Waals surface area contributed by atoms with Crippen molar-refractivity contribution in [2.75, 3.05) is 26.7 Å². The van der Waals surface area contributed by atoms with Gasteiger partial charge in [0.25, 0.3) is 0 Å². The first-order valence-corrected chi connectivity index (χ1v) is 13.3. The molecule has 3 atom stereocenters. The second kappa shape index (κ2) is 10.9. The number of hydrogen-bond acceptors (Lipinski definition) is 5. The van der Waals surface area contributed by atoms with Crippen LogP contribution in [0.4, 0.5) is 0 Å². The first kappa shape index (κ1) is 25.5. The van der Waals surface area contributed by atoms with Gasteiger partial charge in [-0.3, -0.25) is 4.79 Å². The minimum atomic E-state index is -3.89. The number of carbonyl (C=O) groups excluding carboxylic acids is 1. The van der Waals surface area contributed by atoms with Crippen molar-refractivity contribution in [2.24, 2.45) is 11.8 Å². The Balaban J connectivity index is 2.02. The highest BCUT2D eigenvalue weighted by Gasteiger charge is 2.38. The Bertz CT molecular complexity index is 1010. The summed E-state index contributed by atoms with van der Waals surface area (Å²) < 4.78 is 34.7. The first-order valence-electron chi connectivity index (χ1n) is 11.9. The van der Waals surface area contributed by atoms with Crippen molar-refractivity contribution >= 4 is 15.9 Å². The molecule has 1 heterocycles. The fourth-order valence-corrected chi connectivity index (χ4v) is 6.24. The molecule has 1 fully saturated rings. The Morgan fingerprint density at radius 2 is 2.03 bits per heavy atom. The van der Waals surface area contributed by atoms with Gasteiger partial charge in [-0.2, -0.15) is 4.31 Å². The number of nitrogens with zero attached hydrogens (tertiary/aromatic N) is 2. The van der Waals surface area contributed by atoms with Gasteiger partial charge in [0, 0.05) is 43.5 Å². The van der Waals surface area contributed by atoms with E-state index < -0.39 is 22.2 Å². The number of likely N-dealkylation sites (N-methyl/N-ethyl adjacent to an activating group) is 1. The van der Waals surface area contributed by atoms with Gasteiger partial charge in [-0.25, -0.2) is 8.42 Å². The highest BCUT2D eigenvalue weighted by Crippen LogP contribution is 2.34. The topological polar surface area (TPSA) is 87.2 Å². The van der Waals surface area contributed by atoms with Gasteiger partial charge in [0.2, 0.25) is 15.9 Å². The van der Waals surface area contributed by atoms with Gasteiger partial charge in [0.15, 0.2) is 0 Å². The second-order valence-corrected chi connectivity index (χ2v) is 11.1. The van der Waals surface area contributed by atoms with E-state index in [9.17, 15) is 18.3 Å². The third-order valence-electron chi connectivity index (χ3n) is 6.62. The van der Waals surface area contributed by atoms with Gasteiger partial charge >= 0.3 is 0 Å². The molecule has 1 aliphatic heterocycles. The van der Waals surface area contributed by atoms with E-state index in [1.807, 2.05) is 13.8 Å². The lowest BCUT2D eigenvalue weighted by Gasteiger charge is -2.37. The summed E-state index contributed by atoms with van der Waals surface area (Å²) in [5.41, 5.74) is 0.711. The van der Waals surface area contributed by atoms with Gasteiger partial charge in [0.05, 0.1) is 13.2 Å². The number of aliphatic hydroxyl groups is 1. The molecule has 1 aromatic carbocycles. The second-order valence-electron chi connectivity index (χ2n) is 9.28. The molecule has 1 aromatic rings. The molecule has 2 aliphatic rings. The van der Waals surface area contributed by atoms with Crippen molar-refractivity contribution in [3.05, 3.63) is 23.8 Å². The van der Waals surface area contributed by atoms with Crippen molar-refractivity contribution in [3.63, 3.8) is 0 Å². The molecule has 1 N–H and O–H groups in total. The SMILES string of the molecule is CCC(=O)N(C)C[C@H]1Oc2cc(C#CC3CCCC3)ccc2S(=O)(=O)N([C@H](C)CO)C[C@@H]1C. The van der Waals surface area contributed by atoms with Gasteiger partial charge in [-0.15, -0.1) is 0 Å². The van der Waals surface area contributed by atoms with Crippen molar-refractivity contribution in [3.8, 4) is 17.6 Å². The molecule has 8 heteroatoms. The smallest absolute Gasteiger partial charge is 0.247 e. The highest BCUT2D eigenvalue weighted by molar-refractivity contribution is 7.89. The number of sulfonamides is 1. The number of rotatable bonds is 5. The largest absolute Gasteiger partial charge is 0.487 e. The lowest BCUT2D eigenvalue weighted by atomic mass is 10.0. The number of aliphatic hydroxyl groups excluding tert-OH is 1. The Morgan fingerprint density at radius 1 is 1.33 bits per heavy atom. The van der Waals surface area contributed by atoms with Crippen molar-refractivity contribution in [2.45, 2.75) is 69.9 Å². The summed E-state index contributed by atoms with van der Waals surface area (Å²) in [5, 5.41) is 9.74. The van der Waals surface area contributed by atoms with Gasteiger partial charge in [-0.1, -0.05) is 38.5 Å². The van der Waals surface area contributed by atoms with E-state index in [-0.39, 0.29) is 35.6 Å². The third-order valence-corrected chi connectivity index (χ3v) is 8.64. The number of hydrogen-bond donors (Lipinski definition) is 1. The lowest BCUT2D eigenvalue weighted by molar-refractivity contribution is -0.131. The molecule has 0 saturated heterocycles. The van der Waals surface area contributed by atoms with Gasteiger partial charge in [0.1, 0.15) is 16.7 Å². The zero-order valence-corrected chi connectivity index (χ0v) is 20.9. The Morgan fingerprint density at radius 3 is 2.67 bits per heavy atom. The molecule has 3 rings (SSSR count). The van der Waals surface area contributed by atoms with E-state index in [4.69, 9.17) is 4.74 Å². The van der Waals surface area contributed by atoms with E-state index in [0.717, 1.165) is 12.8 Å². The molecular formula is C25H36N2O5S. The maximum Gasteiger partial charge on any atom is 0.247 e. The maximum atomic E-state index is 13.5. The molecule has 0 aromatic heterocycles. The fourth-order valence-electron chi connectivity index (χ4n) is 4.42. The van der Waals surface area contributed by atoms with Crippen LogP contribution in [-0.4, -0.2) is 67.5 Å². The number of benzene rings is 1. The summed E-state index contributed by atoms with van der Waals surface area (Å²) in [4.78, 5) is 13.9. The molecular weight excluding hydrogens is 440 g/mol. The van der Waals surface area contributed by atoms with Crippen molar-refractivity contribution in [1.82, 2.24) is 9.21 Å². The fraction of sp³-hybridized carbons (Fsp3) is 0.640. The minimum Gasteiger partial charge on any atom is -0.487 e. The summed E-state index contributed by atoms with van der Waals surface area (Å²) in [7, 11) is -2.16. The third kappa shape index (κ3) is 5.89. The zero-order chi connectivity index (χ0) is 24.2. The quantitative estimate of drug-likeness (QED) is 0.661. The zero-order valence-electron chi connectivity index (χ0n) is 20.1. The number of amides is 1. The average molecular weight is 477 g/mol. The summed E-state index contributed by atoms with van der Waals surface area (Å²) in [6, 6.07) is 4.38. The van der Waals surface area contributed by atoms with Gasteiger partial charge in [-0.05, 0) is 38.0 Å². The standard InChI is InChI=1S/C25H36N2O5S/c1-5-25(29)26(4)16-23-18(2)15-27(19(3)17-28)33(30,31)24-13-12-21(14-22(24)32-23)11-10-20-8-6-7-9-20/h12-14,18-20,23,28H,5-9,15-17H2,1-4H3/t18-,19+,23+/m0/s1. The van der Waals surface area contributed by atoms with E-state index >= 15 is 0 Å². The van der Waals surface area contributed by atoms with E-state index in [0.29, 0.717) is 24.4 Å². The van der Waals surface area contributed by atoms with Crippen LogP contribution in [0.1, 0.15) is 58.4 Å². The molecule has 0 radical (unpaired) electrons. The molecule has 33 heavy (non-hydrogen) atoms. The normalized spacial score (nSPS) is 23.9. The van der Waals surface area contributed by atoms with Crippen LogP contribution in [0.5, 0.6) is 5.75 Å². The molecule has 1 aliphatic carbocycles. The lowest BCUT2D eigenvalue weighted by Crippen LogP contribution is -2.50. The van der Waals surface area contributed by atoms with Crippen LogP contribution in [-0.2, 0) is 14.8 Å². The van der Waals surface area contributed by atoms with Crippen LogP contribution in [0.3, 0.4) is 0 Å². The molecule has 182 valence electrons. The average Bonchev–Trinajstić information content (AvgIpc) is 3.32. The molecule has 1 amide bonds. The Kier molecular flexibility index (Phi) is 8.43. The first-order chi connectivity index (χ1) is 15.7. The summed E-state index contributed by atoms with van der Waals surface area (Å²) in [6.07, 6.45) is 4.59. The van der Waals surface area contributed by atoms with E-state index in [1.54, 1.807) is 37.1 Å². The van der Waals surface area contributed by atoms with Crippen molar-refractivity contribution in [1.29, 1.82) is 0 Å². The number of fused-ring (bicyclic) bond motifs is 1. The summed E-state index contributed by atoms with van der Waals surface area (Å²) in [6.45, 7) is 5.65. The van der Waals surface area contributed by atoms with Crippen LogP contribution in [0.25, 0.3) is 0 Å². The molecule has 0 bridgehead atoms. The van der Waals surface area contributed by atoms with Crippen LogP contribution < -0.4 is 4.74 Å². The summed E-state index contributed by atoms with van der Waals surface area (Å²) >= 11 is 0. The molecule has 1 saturated carbocycles. The Labute approximate surface area is 198 Å². The van der Waals surface area contributed by atoms with Crippen LogP contribution in [0.15, 0.2) is 23.1 Å². The monoisotopic (exact) mass is 476 g/mol. The predicted molar refractivity (Wildman–Crippen MR) is 127 cm³/mol. The maximum absolute atomic E-state index is 13.5. The Hall–Kier alpha value is -2.08. The van der Waals surface area contributed by atoms with Crippen molar-refractivity contribution < 1.29 is 23.1 Å². The van der Waals surface area contributed by atoms with E-state index in [1.165, 1.54) is 17.1 Å². The van der Waals surface area contributed by atoms with Gasteiger partial charge < -0.3 is 14.7 Å². The van der Waals surface area contributed by atoms with Crippen LogP contribution >= 0.6 is 0 Å². The van der Waals surface area contributed by atoms with Crippen LogP contribution in [0.2, 0.25) is 0 Å². The van der Waals surface area contributed by atoms with Crippen LogP contribution in [0, 0.1) is 23.7 Å². The molecule has 0 unspecified atom stereocenters. The number of carbonyl (C=O) groups is 1.